The van der Waals surface area contributed by atoms with Gasteiger partial charge in [-0.1, -0.05) is 64.3 Å². The van der Waals surface area contributed by atoms with Crippen molar-refractivity contribution in [1.29, 1.82) is 0 Å². The molecule has 1 nitrogen and oxygen atoms in total. The quantitative estimate of drug-likeness (QED) is 0.505. The molecule has 1 unspecified atom stereocenters. The van der Waals surface area contributed by atoms with Gasteiger partial charge in [-0.3, -0.25) is 0 Å². The Morgan fingerprint density at radius 2 is 1.89 bits per heavy atom. The fourth-order valence-electron chi connectivity index (χ4n) is 2.44. The smallest absolute Gasteiger partial charge is 0.0329 e. The molecule has 0 aromatic heterocycles. The van der Waals surface area contributed by atoms with Crippen LogP contribution in [0.5, 0.6) is 0 Å². The summed E-state index contributed by atoms with van der Waals surface area (Å²) >= 11 is 0. The first-order chi connectivity index (χ1) is 9.08. The van der Waals surface area contributed by atoms with Crippen LogP contribution in [0.2, 0.25) is 0 Å². The van der Waals surface area contributed by atoms with E-state index >= 15 is 0 Å². The number of allylic oxidation sites excluding steroid dienone is 4. The lowest BCUT2D eigenvalue weighted by Gasteiger charge is -2.15. The van der Waals surface area contributed by atoms with E-state index < -0.39 is 0 Å². The lowest BCUT2D eigenvalue weighted by molar-refractivity contribution is 0.464. The fraction of sp³-hybridized carbons (Fsp3) is 0.667. The monoisotopic (exact) mass is 263 g/mol. The molecule has 0 aliphatic heterocycles. The Morgan fingerprint density at radius 3 is 2.37 bits per heavy atom. The minimum Gasteiger partial charge on any atom is -0.385 e. The Labute approximate surface area is 120 Å². The number of hydrogen-bond acceptors (Lipinski definition) is 1. The molecular weight excluding hydrogens is 230 g/mol. The van der Waals surface area contributed by atoms with Crippen molar-refractivity contribution < 1.29 is 0 Å². The van der Waals surface area contributed by atoms with Gasteiger partial charge in [-0.25, -0.2) is 0 Å². The second-order valence-electron chi connectivity index (χ2n) is 5.31. The Bertz CT molecular complexity index is 310. The molecule has 110 valence electrons. The molecule has 0 aromatic carbocycles. The zero-order valence-corrected chi connectivity index (χ0v) is 13.7. The molecule has 0 amide bonds. The molecule has 0 bridgehead atoms. The predicted molar refractivity (Wildman–Crippen MR) is 88.3 cm³/mol. The maximum Gasteiger partial charge on any atom is 0.0329 e. The van der Waals surface area contributed by atoms with E-state index in [1.807, 2.05) is 0 Å². The summed E-state index contributed by atoms with van der Waals surface area (Å²) in [5.74, 6) is 0.791. The van der Waals surface area contributed by atoms with Gasteiger partial charge >= 0.3 is 0 Å². The van der Waals surface area contributed by atoms with Crippen LogP contribution in [-0.4, -0.2) is 6.54 Å². The average molecular weight is 263 g/mol. The van der Waals surface area contributed by atoms with Gasteiger partial charge in [-0.2, -0.15) is 0 Å². The van der Waals surface area contributed by atoms with Crippen LogP contribution in [0.1, 0.15) is 66.7 Å². The third-order valence-electron chi connectivity index (χ3n) is 3.45. The lowest BCUT2D eigenvalue weighted by Crippen LogP contribution is -2.13. The number of nitrogens with one attached hydrogen (secondary N) is 1. The summed E-state index contributed by atoms with van der Waals surface area (Å²) in [6.45, 7) is 16.2. The molecule has 0 rings (SSSR count). The van der Waals surface area contributed by atoms with E-state index in [2.05, 4.69) is 58.7 Å². The van der Waals surface area contributed by atoms with Crippen molar-refractivity contribution in [3.63, 3.8) is 0 Å². The zero-order chi connectivity index (χ0) is 14.7. The minimum absolute atomic E-state index is 0.791. The number of hydrogen-bond donors (Lipinski definition) is 1. The maximum atomic E-state index is 4.24. The second kappa shape index (κ2) is 10.9. The topological polar surface area (TPSA) is 12.0 Å². The minimum atomic E-state index is 0.791. The van der Waals surface area contributed by atoms with Crippen molar-refractivity contribution in [1.82, 2.24) is 5.32 Å². The SMILES string of the molecule is C=C(/C=C(C)/C(=C/CC)NCC)CC(CC)CCC. The van der Waals surface area contributed by atoms with Crippen molar-refractivity contribution in [3.05, 3.63) is 35.6 Å². The summed E-state index contributed by atoms with van der Waals surface area (Å²) in [6, 6.07) is 0. The highest BCUT2D eigenvalue weighted by Crippen LogP contribution is 2.21. The first kappa shape index (κ1) is 18.0. The van der Waals surface area contributed by atoms with Gasteiger partial charge in [0.25, 0.3) is 0 Å². The molecule has 0 aromatic rings. The lowest BCUT2D eigenvalue weighted by atomic mass is 9.92. The maximum absolute atomic E-state index is 4.24. The molecule has 0 fully saturated rings. The Kier molecular flexibility index (Phi) is 10.3. The Balaban J connectivity index is 4.63. The molecule has 0 spiro atoms. The van der Waals surface area contributed by atoms with Crippen molar-refractivity contribution in [2.75, 3.05) is 6.54 Å². The van der Waals surface area contributed by atoms with Gasteiger partial charge in [-0.15, -0.1) is 0 Å². The van der Waals surface area contributed by atoms with E-state index in [1.165, 1.54) is 36.1 Å². The van der Waals surface area contributed by atoms with Gasteiger partial charge in [0.15, 0.2) is 0 Å². The van der Waals surface area contributed by atoms with Crippen LogP contribution >= 0.6 is 0 Å². The molecule has 19 heavy (non-hydrogen) atoms. The summed E-state index contributed by atoms with van der Waals surface area (Å²) in [5.41, 5.74) is 3.83. The molecule has 0 aliphatic rings. The van der Waals surface area contributed by atoms with Gasteiger partial charge in [-0.05, 0) is 38.2 Å². The van der Waals surface area contributed by atoms with Crippen molar-refractivity contribution in [2.45, 2.75) is 66.7 Å². The Hall–Kier alpha value is -0.980. The van der Waals surface area contributed by atoms with Gasteiger partial charge < -0.3 is 5.32 Å². The molecule has 1 N–H and O–H groups in total. The van der Waals surface area contributed by atoms with E-state index in [0.29, 0.717) is 0 Å². The second-order valence-corrected chi connectivity index (χ2v) is 5.31. The normalized spacial score (nSPS) is 14.4. The number of likely N-dealkylation sites (N-methyl/N-ethyl adjacent to an activating group) is 1. The van der Waals surface area contributed by atoms with Crippen LogP contribution < -0.4 is 5.32 Å². The predicted octanol–water partition coefficient (Wildman–Crippen LogP) is 5.61. The molecule has 0 heterocycles. The van der Waals surface area contributed by atoms with Crippen LogP contribution in [0.3, 0.4) is 0 Å². The molecule has 1 heteroatoms. The van der Waals surface area contributed by atoms with Crippen molar-refractivity contribution >= 4 is 0 Å². The fourth-order valence-corrected chi connectivity index (χ4v) is 2.44. The van der Waals surface area contributed by atoms with E-state index in [4.69, 9.17) is 0 Å². The first-order valence-corrected chi connectivity index (χ1v) is 7.89. The Morgan fingerprint density at radius 1 is 1.21 bits per heavy atom. The summed E-state index contributed by atoms with van der Waals surface area (Å²) in [6.07, 6.45) is 10.5. The van der Waals surface area contributed by atoms with Gasteiger partial charge in [0.1, 0.15) is 0 Å². The van der Waals surface area contributed by atoms with Crippen molar-refractivity contribution in [2.24, 2.45) is 5.92 Å². The van der Waals surface area contributed by atoms with E-state index in [9.17, 15) is 0 Å². The van der Waals surface area contributed by atoms with Crippen LogP contribution in [0.4, 0.5) is 0 Å². The highest BCUT2D eigenvalue weighted by Gasteiger charge is 2.07. The summed E-state index contributed by atoms with van der Waals surface area (Å²) in [7, 11) is 0. The van der Waals surface area contributed by atoms with Crippen LogP contribution in [0, 0.1) is 5.92 Å². The van der Waals surface area contributed by atoms with Crippen molar-refractivity contribution in [3.8, 4) is 0 Å². The van der Waals surface area contributed by atoms with Gasteiger partial charge in [0, 0.05) is 12.2 Å². The summed E-state index contributed by atoms with van der Waals surface area (Å²) < 4.78 is 0. The largest absolute Gasteiger partial charge is 0.385 e. The molecule has 0 saturated carbocycles. The summed E-state index contributed by atoms with van der Waals surface area (Å²) in [5, 5.41) is 3.43. The molecule has 0 saturated heterocycles. The first-order valence-electron chi connectivity index (χ1n) is 7.89. The van der Waals surface area contributed by atoms with Gasteiger partial charge in [0.05, 0.1) is 0 Å². The molecule has 1 atom stereocenters. The van der Waals surface area contributed by atoms with Crippen LogP contribution in [0.25, 0.3) is 0 Å². The number of rotatable bonds is 10. The van der Waals surface area contributed by atoms with Crippen LogP contribution in [-0.2, 0) is 0 Å². The highest BCUT2D eigenvalue weighted by molar-refractivity contribution is 5.33. The third-order valence-corrected chi connectivity index (χ3v) is 3.45. The highest BCUT2D eigenvalue weighted by atomic mass is 14.9. The molecular formula is C18H33N. The molecule has 0 aliphatic carbocycles. The van der Waals surface area contributed by atoms with E-state index in [-0.39, 0.29) is 0 Å². The average Bonchev–Trinajstić information content (AvgIpc) is 2.37. The zero-order valence-electron chi connectivity index (χ0n) is 13.7. The van der Waals surface area contributed by atoms with E-state index in [1.54, 1.807) is 0 Å². The summed E-state index contributed by atoms with van der Waals surface area (Å²) in [4.78, 5) is 0. The third kappa shape index (κ3) is 7.92. The molecule has 0 radical (unpaired) electrons. The van der Waals surface area contributed by atoms with Gasteiger partial charge in [0.2, 0.25) is 0 Å². The van der Waals surface area contributed by atoms with Crippen LogP contribution in [0.15, 0.2) is 35.6 Å². The van der Waals surface area contributed by atoms with E-state index in [0.717, 1.165) is 25.3 Å². The standard InChI is InChI=1S/C18H33N/c1-7-11-17(9-3)14-15(5)13-16(6)18(12-8-2)19-10-4/h12-13,17,19H,5,7-11,14H2,1-4,6H3/b16-13+,18-12-.